The number of hydrogen-bond acceptors (Lipinski definition) is 5. The van der Waals surface area contributed by atoms with E-state index in [0.717, 1.165) is 29.8 Å². The summed E-state index contributed by atoms with van der Waals surface area (Å²) in [5.74, 6) is 1.87. The summed E-state index contributed by atoms with van der Waals surface area (Å²) in [6.07, 6.45) is 1.79. The van der Waals surface area contributed by atoms with Crippen LogP contribution in [0.5, 0.6) is 11.6 Å². The van der Waals surface area contributed by atoms with Gasteiger partial charge in [-0.15, -0.1) is 0 Å². The van der Waals surface area contributed by atoms with Crippen LogP contribution in [0.25, 0.3) is 0 Å². The van der Waals surface area contributed by atoms with Gasteiger partial charge in [0.25, 0.3) is 0 Å². The molecule has 6 heteroatoms. The second-order valence-electron chi connectivity index (χ2n) is 6.25. The van der Waals surface area contributed by atoms with Crippen LogP contribution < -0.4 is 4.74 Å². The average Bonchev–Trinajstić information content (AvgIpc) is 3.06. The van der Waals surface area contributed by atoms with E-state index in [9.17, 15) is 4.79 Å². The molecule has 0 saturated carbocycles. The van der Waals surface area contributed by atoms with Crippen molar-refractivity contribution >= 4 is 5.91 Å². The molecule has 25 heavy (non-hydrogen) atoms. The number of aromatic nitrogens is 2. The molecular formula is C19H23N3O3. The Bertz CT molecular complexity index is 763. The molecule has 132 valence electrons. The van der Waals surface area contributed by atoms with Gasteiger partial charge in [0.05, 0.1) is 6.04 Å². The number of hydrogen-bond donors (Lipinski definition) is 0. The molecule has 1 fully saturated rings. The van der Waals surface area contributed by atoms with E-state index in [2.05, 4.69) is 9.97 Å². The highest BCUT2D eigenvalue weighted by atomic mass is 16.5. The fourth-order valence-electron chi connectivity index (χ4n) is 3.09. The van der Waals surface area contributed by atoms with Gasteiger partial charge < -0.3 is 14.4 Å². The second kappa shape index (κ2) is 7.61. The molecule has 1 aliphatic heterocycles. The minimum absolute atomic E-state index is 0.0310. The van der Waals surface area contributed by atoms with Crippen molar-refractivity contribution in [3.8, 4) is 11.6 Å². The van der Waals surface area contributed by atoms with Crippen LogP contribution in [0, 0.1) is 13.8 Å². The lowest BCUT2D eigenvalue weighted by Gasteiger charge is -2.23. The van der Waals surface area contributed by atoms with Gasteiger partial charge in [-0.2, -0.15) is 4.98 Å². The van der Waals surface area contributed by atoms with E-state index in [1.54, 1.807) is 4.90 Å². The maximum atomic E-state index is 12.2. The van der Waals surface area contributed by atoms with Crippen molar-refractivity contribution in [2.45, 2.75) is 32.7 Å². The van der Waals surface area contributed by atoms with Gasteiger partial charge in [-0.1, -0.05) is 18.2 Å². The standard InChI is InChI=1S/C19H23N3O3/c1-13-7-4-5-9-16(13)25-17-11-14(2)20-19(21-17)15-8-6-10-22(15)18(23)12-24-3/h4-5,7,9,11,15H,6,8,10,12H2,1-3H3. The Labute approximate surface area is 147 Å². The van der Waals surface area contributed by atoms with E-state index >= 15 is 0 Å². The molecule has 1 saturated heterocycles. The van der Waals surface area contributed by atoms with Crippen LogP contribution in [0.3, 0.4) is 0 Å². The number of ether oxygens (including phenoxy) is 2. The summed E-state index contributed by atoms with van der Waals surface area (Å²) < 4.78 is 10.9. The molecule has 1 unspecified atom stereocenters. The second-order valence-corrected chi connectivity index (χ2v) is 6.25. The molecule has 3 rings (SSSR count). The number of rotatable bonds is 5. The van der Waals surface area contributed by atoms with Crippen LogP contribution in [0.15, 0.2) is 30.3 Å². The molecule has 0 radical (unpaired) electrons. The molecule has 1 aromatic heterocycles. The van der Waals surface area contributed by atoms with Crippen LogP contribution >= 0.6 is 0 Å². The lowest BCUT2D eigenvalue weighted by atomic mass is 10.2. The Morgan fingerprint density at radius 3 is 2.84 bits per heavy atom. The first-order valence-corrected chi connectivity index (χ1v) is 8.46. The number of benzene rings is 1. The minimum Gasteiger partial charge on any atom is -0.439 e. The smallest absolute Gasteiger partial charge is 0.249 e. The van der Waals surface area contributed by atoms with Crippen LogP contribution in [0.1, 0.15) is 36.0 Å². The number of methoxy groups -OCH3 is 1. The number of carbonyl (C=O) groups is 1. The summed E-state index contributed by atoms with van der Waals surface area (Å²) in [5.41, 5.74) is 1.86. The zero-order chi connectivity index (χ0) is 17.8. The first kappa shape index (κ1) is 17.4. The number of amides is 1. The molecule has 1 aromatic carbocycles. The average molecular weight is 341 g/mol. The highest BCUT2D eigenvalue weighted by molar-refractivity contribution is 5.78. The number of likely N-dealkylation sites (tertiary alicyclic amines) is 1. The Kier molecular flexibility index (Phi) is 5.28. The van der Waals surface area contributed by atoms with E-state index in [1.165, 1.54) is 7.11 Å². The lowest BCUT2D eigenvalue weighted by molar-refractivity contribution is -0.136. The van der Waals surface area contributed by atoms with Crippen LogP contribution in [-0.2, 0) is 9.53 Å². The van der Waals surface area contributed by atoms with Crippen molar-refractivity contribution < 1.29 is 14.3 Å². The molecule has 1 atom stereocenters. The quantitative estimate of drug-likeness (QED) is 0.835. The molecule has 0 spiro atoms. The van der Waals surface area contributed by atoms with Crippen molar-refractivity contribution in [2.75, 3.05) is 20.3 Å². The van der Waals surface area contributed by atoms with Crippen molar-refractivity contribution in [3.05, 3.63) is 47.4 Å². The third-order valence-corrected chi connectivity index (χ3v) is 4.30. The normalized spacial score (nSPS) is 16.9. The predicted octanol–water partition coefficient (Wildman–Crippen LogP) is 3.20. The van der Waals surface area contributed by atoms with Gasteiger partial charge in [0.2, 0.25) is 11.8 Å². The SMILES string of the molecule is COCC(=O)N1CCCC1c1nc(C)cc(Oc2ccccc2C)n1. The third kappa shape index (κ3) is 3.96. The third-order valence-electron chi connectivity index (χ3n) is 4.30. The zero-order valence-corrected chi connectivity index (χ0v) is 14.9. The van der Waals surface area contributed by atoms with Crippen molar-refractivity contribution in [1.82, 2.24) is 14.9 Å². The van der Waals surface area contributed by atoms with Crippen molar-refractivity contribution in [3.63, 3.8) is 0 Å². The Morgan fingerprint density at radius 2 is 2.08 bits per heavy atom. The van der Waals surface area contributed by atoms with Crippen LogP contribution in [-0.4, -0.2) is 41.0 Å². The minimum atomic E-state index is -0.123. The van der Waals surface area contributed by atoms with E-state index in [1.807, 2.05) is 44.2 Å². The molecular weight excluding hydrogens is 318 g/mol. The topological polar surface area (TPSA) is 64.5 Å². The number of para-hydroxylation sites is 1. The fourth-order valence-corrected chi connectivity index (χ4v) is 3.09. The van der Waals surface area contributed by atoms with E-state index in [4.69, 9.17) is 9.47 Å². The van der Waals surface area contributed by atoms with Gasteiger partial charge in [-0.3, -0.25) is 4.79 Å². The molecule has 0 bridgehead atoms. The lowest BCUT2D eigenvalue weighted by Crippen LogP contribution is -2.34. The molecule has 0 N–H and O–H groups in total. The molecule has 0 aliphatic carbocycles. The summed E-state index contributed by atoms with van der Waals surface area (Å²) >= 11 is 0. The number of aryl methyl sites for hydroxylation is 2. The van der Waals surface area contributed by atoms with E-state index in [-0.39, 0.29) is 18.6 Å². The summed E-state index contributed by atoms with van der Waals surface area (Å²) in [7, 11) is 1.53. The monoisotopic (exact) mass is 341 g/mol. The van der Waals surface area contributed by atoms with E-state index < -0.39 is 0 Å². The van der Waals surface area contributed by atoms with Gasteiger partial charge in [0.15, 0.2) is 5.82 Å². The number of nitrogens with zero attached hydrogens (tertiary/aromatic N) is 3. The van der Waals surface area contributed by atoms with Crippen LogP contribution in [0.2, 0.25) is 0 Å². The van der Waals surface area contributed by atoms with Crippen molar-refractivity contribution in [1.29, 1.82) is 0 Å². The maximum absolute atomic E-state index is 12.2. The predicted molar refractivity (Wildman–Crippen MR) is 93.6 cm³/mol. The summed E-state index contributed by atoms with van der Waals surface area (Å²) in [4.78, 5) is 23.2. The van der Waals surface area contributed by atoms with Gasteiger partial charge in [0, 0.05) is 25.4 Å². The van der Waals surface area contributed by atoms with Crippen LogP contribution in [0.4, 0.5) is 0 Å². The van der Waals surface area contributed by atoms with E-state index in [0.29, 0.717) is 18.2 Å². The first-order valence-electron chi connectivity index (χ1n) is 8.46. The van der Waals surface area contributed by atoms with Gasteiger partial charge >= 0.3 is 0 Å². The Balaban J connectivity index is 1.86. The molecule has 2 aromatic rings. The highest BCUT2D eigenvalue weighted by Crippen LogP contribution is 2.32. The van der Waals surface area contributed by atoms with Gasteiger partial charge in [-0.05, 0) is 38.3 Å². The summed E-state index contributed by atoms with van der Waals surface area (Å²) in [5, 5.41) is 0. The molecule has 2 heterocycles. The fraction of sp³-hybridized carbons (Fsp3) is 0.421. The highest BCUT2D eigenvalue weighted by Gasteiger charge is 2.32. The summed E-state index contributed by atoms with van der Waals surface area (Å²) in [6.45, 7) is 4.69. The number of carbonyl (C=O) groups excluding carboxylic acids is 1. The Hall–Kier alpha value is -2.47. The zero-order valence-electron chi connectivity index (χ0n) is 14.9. The maximum Gasteiger partial charge on any atom is 0.249 e. The van der Waals surface area contributed by atoms with Gasteiger partial charge in [-0.25, -0.2) is 4.98 Å². The first-order chi connectivity index (χ1) is 12.1. The van der Waals surface area contributed by atoms with Gasteiger partial charge in [0.1, 0.15) is 12.4 Å². The Morgan fingerprint density at radius 1 is 1.28 bits per heavy atom. The van der Waals surface area contributed by atoms with Crippen molar-refractivity contribution in [2.24, 2.45) is 0 Å². The molecule has 6 nitrogen and oxygen atoms in total. The largest absolute Gasteiger partial charge is 0.439 e. The molecule has 1 aliphatic rings. The summed E-state index contributed by atoms with van der Waals surface area (Å²) in [6, 6.07) is 9.49. The molecule has 1 amide bonds.